The summed E-state index contributed by atoms with van der Waals surface area (Å²) in [6, 6.07) is 4.52. The lowest BCUT2D eigenvalue weighted by Gasteiger charge is -2.14. The molecule has 0 saturated carbocycles. The Kier molecular flexibility index (Phi) is 4.23. The number of hydrogen-bond donors (Lipinski definition) is 1. The van der Waals surface area contributed by atoms with Gasteiger partial charge in [0.1, 0.15) is 0 Å². The van der Waals surface area contributed by atoms with Gasteiger partial charge in [-0.3, -0.25) is 9.97 Å². The minimum atomic E-state index is 0.253. The molecular formula is C13H17N3S. The zero-order chi connectivity index (χ0) is 12.1. The number of aryl methyl sites for hydroxylation is 1. The van der Waals surface area contributed by atoms with Crippen LogP contribution in [0.3, 0.4) is 0 Å². The summed E-state index contributed by atoms with van der Waals surface area (Å²) in [4.78, 5) is 10.0. The van der Waals surface area contributed by atoms with E-state index in [0.717, 1.165) is 24.4 Å². The molecule has 0 aliphatic heterocycles. The predicted octanol–water partition coefficient (Wildman–Crippen LogP) is 2.74. The van der Waals surface area contributed by atoms with Gasteiger partial charge in [-0.05, 0) is 31.7 Å². The molecule has 1 atom stereocenters. The minimum Gasteiger partial charge on any atom is -0.308 e. The zero-order valence-electron chi connectivity index (χ0n) is 10.2. The molecule has 2 rings (SSSR count). The van der Waals surface area contributed by atoms with Gasteiger partial charge in [-0.2, -0.15) is 0 Å². The smallest absolute Gasteiger partial charge is 0.0782 e. The number of nitrogens with one attached hydrogen (secondary N) is 1. The second-order valence-electron chi connectivity index (χ2n) is 4.03. The van der Waals surface area contributed by atoms with E-state index in [2.05, 4.69) is 39.7 Å². The second-order valence-corrected chi connectivity index (χ2v) is 5.06. The van der Waals surface area contributed by atoms with Crippen LogP contribution >= 0.6 is 11.3 Å². The number of rotatable bonds is 5. The van der Waals surface area contributed by atoms with E-state index in [-0.39, 0.29) is 6.04 Å². The molecule has 3 nitrogen and oxygen atoms in total. The van der Waals surface area contributed by atoms with Crippen LogP contribution in [0.2, 0.25) is 0 Å². The molecule has 0 aromatic carbocycles. The van der Waals surface area contributed by atoms with E-state index in [1.807, 2.05) is 6.92 Å². The zero-order valence-corrected chi connectivity index (χ0v) is 11.0. The maximum absolute atomic E-state index is 4.37. The van der Waals surface area contributed by atoms with Crippen molar-refractivity contribution in [1.29, 1.82) is 0 Å². The highest BCUT2D eigenvalue weighted by Gasteiger charge is 2.09. The monoisotopic (exact) mass is 247 g/mol. The molecule has 0 bridgehead atoms. The molecule has 4 heteroatoms. The largest absolute Gasteiger partial charge is 0.308 e. The molecule has 90 valence electrons. The van der Waals surface area contributed by atoms with Crippen molar-refractivity contribution in [3.05, 3.63) is 46.2 Å². The molecule has 17 heavy (non-hydrogen) atoms. The molecular weight excluding hydrogens is 230 g/mol. The van der Waals surface area contributed by atoms with Gasteiger partial charge < -0.3 is 5.32 Å². The summed E-state index contributed by atoms with van der Waals surface area (Å²) in [7, 11) is 0. The van der Waals surface area contributed by atoms with Crippen molar-refractivity contribution in [2.45, 2.75) is 26.3 Å². The Balaban J connectivity index is 1.85. The summed E-state index contributed by atoms with van der Waals surface area (Å²) in [6.45, 7) is 5.10. The lowest BCUT2D eigenvalue weighted by molar-refractivity contribution is 0.560. The van der Waals surface area contributed by atoms with Gasteiger partial charge in [0, 0.05) is 29.9 Å². The summed E-state index contributed by atoms with van der Waals surface area (Å²) in [5.74, 6) is 0. The molecule has 1 N–H and O–H groups in total. The Bertz CT molecular complexity index is 453. The summed E-state index contributed by atoms with van der Waals surface area (Å²) in [5, 5.41) is 5.60. The second kappa shape index (κ2) is 5.89. The molecule has 2 heterocycles. The third-order valence-electron chi connectivity index (χ3n) is 2.73. The van der Waals surface area contributed by atoms with E-state index >= 15 is 0 Å². The molecule has 0 aliphatic rings. The van der Waals surface area contributed by atoms with Gasteiger partial charge in [-0.15, -0.1) is 11.3 Å². The molecule has 2 aromatic heterocycles. The van der Waals surface area contributed by atoms with Crippen molar-refractivity contribution in [3.8, 4) is 0 Å². The first-order valence-electron chi connectivity index (χ1n) is 5.80. The van der Waals surface area contributed by atoms with Gasteiger partial charge >= 0.3 is 0 Å². The van der Waals surface area contributed by atoms with Gasteiger partial charge in [-0.1, -0.05) is 6.07 Å². The van der Waals surface area contributed by atoms with Crippen LogP contribution < -0.4 is 5.32 Å². The van der Waals surface area contributed by atoms with Crippen molar-refractivity contribution < 1.29 is 0 Å². The van der Waals surface area contributed by atoms with E-state index in [1.165, 1.54) is 4.88 Å². The van der Waals surface area contributed by atoms with E-state index < -0.39 is 0 Å². The molecule has 1 unspecified atom stereocenters. The van der Waals surface area contributed by atoms with Crippen molar-refractivity contribution in [2.24, 2.45) is 0 Å². The molecule has 0 aliphatic carbocycles. The van der Waals surface area contributed by atoms with E-state index in [1.54, 1.807) is 23.7 Å². The Morgan fingerprint density at radius 1 is 1.35 bits per heavy atom. The van der Waals surface area contributed by atoms with Crippen LogP contribution in [0.15, 0.2) is 29.9 Å². The molecule has 0 radical (unpaired) electrons. The van der Waals surface area contributed by atoms with Crippen LogP contribution in [0.4, 0.5) is 0 Å². The molecule has 0 saturated heterocycles. The normalized spacial score (nSPS) is 12.6. The van der Waals surface area contributed by atoms with Gasteiger partial charge in [0.15, 0.2) is 0 Å². The number of hydrogen-bond acceptors (Lipinski definition) is 4. The Morgan fingerprint density at radius 2 is 2.18 bits per heavy atom. The van der Waals surface area contributed by atoms with Crippen molar-refractivity contribution in [3.63, 3.8) is 0 Å². The van der Waals surface area contributed by atoms with Crippen LogP contribution in [0.25, 0.3) is 0 Å². The summed E-state index contributed by atoms with van der Waals surface area (Å²) in [5.41, 5.74) is 2.04. The third kappa shape index (κ3) is 3.35. The highest BCUT2D eigenvalue weighted by Crippen LogP contribution is 2.12. The first-order valence-corrected chi connectivity index (χ1v) is 6.68. The van der Waals surface area contributed by atoms with Crippen molar-refractivity contribution >= 4 is 11.3 Å². The van der Waals surface area contributed by atoms with Gasteiger partial charge in [-0.25, -0.2) is 0 Å². The third-order valence-corrected chi connectivity index (χ3v) is 3.67. The van der Waals surface area contributed by atoms with E-state index in [0.29, 0.717) is 0 Å². The van der Waals surface area contributed by atoms with Crippen LogP contribution in [0, 0.1) is 6.92 Å². The van der Waals surface area contributed by atoms with Crippen LogP contribution in [0.5, 0.6) is 0 Å². The standard InChI is InChI=1S/C13H17N3S/c1-10(13-11(2)15-7-8-16-13)14-6-5-12-4-3-9-17-12/h3-4,7-10,14H,5-6H2,1-2H3. The summed E-state index contributed by atoms with van der Waals surface area (Å²) in [6.07, 6.45) is 4.55. The summed E-state index contributed by atoms with van der Waals surface area (Å²) >= 11 is 1.81. The first-order chi connectivity index (χ1) is 8.27. The fourth-order valence-electron chi connectivity index (χ4n) is 1.81. The lowest BCUT2D eigenvalue weighted by Crippen LogP contribution is -2.23. The molecule has 0 amide bonds. The average Bonchev–Trinajstić information content (AvgIpc) is 2.82. The molecule has 0 spiro atoms. The Hall–Kier alpha value is -1.26. The molecule has 0 fully saturated rings. The number of nitrogens with zero attached hydrogens (tertiary/aromatic N) is 2. The predicted molar refractivity (Wildman–Crippen MR) is 71.2 cm³/mol. The van der Waals surface area contributed by atoms with Crippen LogP contribution in [-0.2, 0) is 6.42 Å². The van der Waals surface area contributed by atoms with E-state index in [9.17, 15) is 0 Å². The van der Waals surface area contributed by atoms with Gasteiger partial charge in [0.05, 0.1) is 11.4 Å². The molecule has 2 aromatic rings. The maximum Gasteiger partial charge on any atom is 0.0782 e. The topological polar surface area (TPSA) is 37.8 Å². The maximum atomic E-state index is 4.37. The highest BCUT2D eigenvalue weighted by atomic mass is 32.1. The lowest BCUT2D eigenvalue weighted by atomic mass is 10.2. The average molecular weight is 247 g/mol. The van der Waals surface area contributed by atoms with Gasteiger partial charge in [0.25, 0.3) is 0 Å². The van der Waals surface area contributed by atoms with Crippen molar-refractivity contribution in [1.82, 2.24) is 15.3 Å². The fraction of sp³-hybridized carbons (Fsp3) is 0.385. The van der Waals surface area contributed by atoms with Crippen molar-refractivity contribution in [2.75, 3.05) is 6.54 Å². The Morgan fingerprint density at radius 3 is 2.88 bits per heavy atom. The fourth-order valence-corrected chi connectivity index (χ4v) is 2.52. The SMILES string of the molecule is Cc1nccnc1C(C)NCCc1cccs1. The quantitative estimate of drug-likeness (QED) is 0.883. The van der Waals surface area contributed by atoms with Gasteiger partial charge in [0.2, 0.25) is 0 Å². The number of aromatic nitrogens is 2. The highest BCUT2D eigenvalue weighted by molar-refractivity contribution is 7.09. The van der Waals surface area contributed by atoms with Crippen LogP contribution in [-0.4, -0.2) is 16.5 Å². The first kappa shape index (κ1) is 12.2. The van der Waals surface area contributed by atoms with Crippen LogP contribution in [0.1, 0.15) is 29.2 Å². The number of thiophene rings is 1. The van der Waals surface area contributed by atoms with E-state index in [4.69, 9.17) is 0 Å². The summed E-state index contributed by atoms with van der Waals surface area (Å²) < 4.78 is 0. The minimum absolute atomic E-state index is 0.253. The Labute approximate surface area is 106 Å².